The summed E-state index contributed by atoms with van der Waals surface area (Å²) >= 11 is 0. The lowest BCUT2D eigenvalue weighted by molar-refractivity contribution is -0.213. The Morgan fingerprint density at radius 3 is 2.19 bits per heavy atom. The first-order valence-electron chi connectivity index (χ1n) is 5.17. The Balaban J connectivity index is 0. The number of aliphatic hydroxyl groups excluding tert-OH is 2. The van der Waals surface area contributed by atoms with Crippen molar-refractivity contribution in [1.82, 2.24) is 0 Å². The van der Waals surface area contributed by atoms with Crippen LogP contribution in [0.1, 0.15) is 26.7 Å². The third-order valence-corrected chi connectivity index (χ3v) is 1.81. The van der Waals surface area contributed by atoms with Gasteiger partial charge in [0.15, 0.2) is 12.4 Å². The van der Waals surface area contributed by atoms with E-state index < -0.39 is 24.5 Å². The van der Waals surface area contributed by atoms with E-state index in [4.69, 9.17) is 19.7 Å². The molecule has 98 valence electrons. The van der Waals surface area contributed by atoms with Crippen LogP contribution >= 0.6 is 0 Å². The summed E-state index contributed by atoms with van der Waals surface area (Å²) in [6.45, 7) is 4.00. The van der Waals surface area contributed by atoms with Crippen molar-refractivity contribution in [2.24, 2.45) is 0 Å². The van der Waals surface area contributed by atoms with E-state index in [9.17, 15) is 9.90 Å². The molecule has 3 N–H and O–H groups in total. The predicted octanol–water partition coefficient (Wildman–Crippen LogP) is 0.218. The van der Waals surface area contributed by atoms with Crippen LogP contribution < -0.4 is 0 Å². The number of ether oxygens (including phenoxy) is 2. The van der Waals surface area contributed by atoms with Crippen LogP contribution in [0.25, 0.3) is 0 Å². The van der Waals surface area contributed by atoms with E-state index in [0.29, 0.717) is 6.42 Å². The molecule has 0 spiro atoms. The predicted molar refractivity (Wildman–Crippen MR) is 58.0 cm³/mol. The van der Waals surface area contributed by atoms with Gasteiger partial charge in [-0.15, -0.1) is 0 Å². The van der Waals surface area contributed by atoms with Gasteiger partial charge in [0.2, 0.25) is 0 Å². The lowest BCUT2D eigenvalue weighted by atomic mass is 10.1. The number of carboxylic acids is 1. The number of rotatable bonds is 2. The van der Waals surface area contributed by atoms with Crippen molar-refractivity contribution in [3.8, 4) is 0 Å². The molecule has 0 unspecified atom stereocenters. The molecule has 0 aromatic rings. The molecule has 0 saturated carbocycles. The lowest BCUT2D eigenvalue weighted by Crippen LogP contribution is -2.40. The minimum Gasteiger partial charge on any atom is -0.479 e. The van der Waals surface area contributed by atoms with Crippen LogP contribution in [0.15, 0.2) is 0 Å². The molecule has 3 atom stereocenters. The summed E-state index contributed by atoms with van der Waals surface area (Å²) in [7, 11) is 2.42. The van der Waals surface area contributed by atoms with E-state index >= 15 is 0 Å². The van der Waals surface area contributed by atoms with E-state index in [1.54, 1.807) is 0 Å². The number of methoxy groups -OCH3 is 1. The number of carboxylic acid groups (broad SMARTS) is 1. The van der Waals surface area contributed by atoms with E-state index in [2.05, 4.69) is 0 Å². The molecular weight excluding hydrogens is 216 g/mol. The fraction of sp³-hybridized carbons (Fsp3) is 0.900. The number of hydrogen-bond acceptors (Lipinski definition) is 5. The van der Waals surface area contributed by atoms with Gasteiger partial charge >= 0.3 is 5.97 Å². The average Bonchev–Trinajstić information content (AvgIpc) is 2.33. The monoisotopic (exact) mass is 238 g/mol. The first kappa shape index (κ1) is 17.7. The Bertz CT molecular complexity index is 173. The third kappa shape index (κ3) is 6.73. The molecule has 1 saturated heterocycles. The quantitative estimate of drug-likeness (QED) is 0.636. The van der Waals surface area contributed by atoms with E-state index in [1.165, 1.54) is 7.11 Å². The van der Waals surface area contributed by atoms with E-state index in [-0.39, 0.29) is 6.42 Å². The Labute approximate surface area is 95.8 Å². The van der Waals surface area contributed by atoms with Crippen molar-refractivity contribution < 1.29 is 29.6 Å². The molecule has 6 heteroatoms. The fourth-order valence-corrected chi connectivity index (χ4v) is 1.17. The second-order valence-corrected chi connectivity index (χ2v) is 2.75. The first-order chi connectivity index (χ1) is 7.63. The van der Waals surface area contributed by atoms with Gasteiger partial charge in [-0.1, -0.05) is 13.8 Å². The van der Waals surface area contributed by atoms with Crippen molar-refractivity contribution >= 4 is 5.97 Å². The summed E-state index contributed by atoms with van der Waals surface area (Å²) in [4.78, 5) is 10.5. The molecule has 0 amide bonds. The van der Waals surface area contributed by atoms with Gasteiger partial charge in [-0.3, -0.25) is 0 Å². The van der Waals surface area contributed by atoms with Gasteiger partial charge in [-0.25, -0.2) is 4.79 Å². The summed E-state index contributed by atoms with van der Waals surface area (Å²) in [6.07, 6.45) is -1.73. The van der Waals surface area contributed by atoms with Crippen molar-refractivity contribution in [3.05, 3.63) is 0 Å². The number of aliphatic carboxylic acids is 1. The number of aliphatic hydroxyl groups is 2. The Hall–Kier alpha value is -0.690. The maximum absolute atomic E-state index is 10.5. The maximum Gasteiger partial charge on any atom is 0.333 e. The molecule has 0 aromatic carbocycles. The SMILES string of the molecule is CC.CO.CO[C@H]1C[C@@H](O)C[C@@H](C(=O)O)O1. The molecule has 0 aliphatic carbocycles. The standard InChI is InChI=1S/C7H12O5.C2H6.CH4O/c1-11-6-3-4(8)2-5(12-6)7(9)10;2*1-2/h4-6,8H,2-3H2,1H3,(H,9,10);1-2H3;2H,1H3/t4-,5-,6+;;/m0../s1. The van der Waals surface area contributed by atoms with Gasteiger partial charge in [0.05, 0.1) is 6.10 Å². The summed E-state index contributed by atoms with van der Waals surface area (Å²) in [5.74, 6) is -1.06. The minimum atomic E-state index is -1.06. The zero-order valence-electron chi connectivity index (χ0n) is 10.2. The number of hydrogen-bond donors (Lipinski definition) is 3. The van der Waals surface area contributed by atoms with Crippen LogP contribution in [0.3, 0.4) is 0 Å². The highest BCUT2D eigenvalue weighted by molar-refractivity contribution is 5.72. The molecular formula is C10H22O6. The van der Waals surface area contributed by atoms with Gasteiger partial charge < -0.3 is 24.8 Å². The average molecular weight is 238 g/mol. The van der Waals surface area contributed by atoms with Crippen LogP contribution in [-0.4, -0.2) is 54.0 Å². The third-order valence-electron chi connectivity index (χ3n) is 1.81. The van der Waals surface area contributed by atoms with E-state index in [0.717, 1.165) is 7.11 Å². The van der Waals surface area contributed by atoms with Crippen LogP contribution in [-0.2, 0) is 14.3 Å². The summed E-state index contributed by atoms with van der Waals surface area (Å²) < 4.78 is 9.78. The fourth-order valence-electron chi connectivity index (χ4n) is 1.17. The summed E-state index contributed by atoms with van der Waals surface area (Å²) in [6, 6.07) is 0. The topological polar surface area (TPSA) is 96.2 Å². The zero-order chi connectivity index (χ0) is 13.1. The van der Waals surface area contributed by atoms with Gasteiger partial charge in [0.25, 0.3) is 0 Å². The van der Waals surface area contributed by atoms with Crippen LogP contribution in [0.2, 0.25) is 0 Å². The molecule has 1 heterocycles. The van der Waals surface area contributed by atoms with Crippen LogP contribution in [0, 0.1) is 0 Å². The zero-order valence-corrected chi connectivity index (χ0v) is 10.2. The smallest absolute Gasteiger partial charge is 0.333 e. The molecule has 0 radical (unpaired) electrons. The van der Waals surface area contributed by atoms with Gasteiger partial charge in [0, 0.05) is 27.1 Å². The second kappa shape index (κ2) is 10.8. The molecule has 0 aromatic heterocycles. The lowest BCUT2D eigenvalue weighted by Gasteiger charge is -2.29. The number of carbonyl (C=O) groups is 1. The first-order valence-corrected chi connectivity index (χ1v) is 5.17. The van der Waals surface area contributed by atoms with Crippen LogP contribution in [0.5, 0.6) is 0 Å². The molecule has 16 heavy (non-hydrogen) atoms. The molecule has 1 fully saturated rings. The van der Waals surface area contributed by atoms with Crippen molar-refractivity contribution in [2.45, 2.75) is 45.2 Å². The highest BCUT2D eigenvalue weighted by atomic mass is 16.7. The molecule has 1 aliphatic rings. The van der Waals surface area contributed by atoms with Gasteiger partial charge in [0.1, 0.15) is 0 Å². The summed E-state index contributed by atoms with van der Waals surface area (Å²) in [5, 5.41) is 24.8. The Kier molecular flexibility index (Phi) is 12.0. The molecule has 1 rings (SSSR count). The van der Waals surface area contributed by atoms with Crippen molar-refractivity contribution in [3.63, 3.8) is 0 Å². The van der Waals surface area contributed by atoms with Gasteiger partial charge in [-0.2, -0.15) is 0 Å². The normalized spacial score (nSPS) is 28.0. The maximum atomic E-state index is 10.5. The van der Waals surface area contributed by atoms with Crippen molar-refractivity contribution in [1.29, 1.82) is 0 Å². The molecule has 6 nitrogen and oxygen atoms in total. The highest BCUT2D eigenvalue weighted by Crippen LogP contribution is 2.19. The highest BCUT2D eigenvalue weighted by Gasteiger charge is 2.32. The molecule has 0 bridgehead atoms. The van der Waals surface area contributed by atoms with Crippen LogP contribution in [0.4, 0.5) is 0 Å². The summed E-state index contributed by atoms with van der Waals surface area (Å²) in [5.41, 5.74) is 0. The molecule has 1 aliphatic heterocycles. The largest absolute Gasteiger partial charge is 0.479 e. The van der Waals surface area contributed by atoms with Crippen molar-refractivity contribution in [2.75, 3.05) is 14.2 Å². The minimum absolute atomic E-state index is 0.134. The second-order valence-electron chi connectivity index (χ2n) is 2.75. The Morgan fingerprint density at radius 2 is 1.81 bits per heavy atom. The van der Waals surface area contributed by atoms with E-state index in [1.807, 2.05) is 13.8 Å². The Morgan fingerprint density at radius 1 is 1.31 bits per heavy atom. The van der Waals surface area contributed by atoms with Gasteiger partial charge in [-0.05, 0) is 0 Å².